The van der Waals surface area contributed by atoms with Crippen molar-refractivity contribution in [2.24, 2.45) is 17.8 Å². The van der Waals surface area contributed by atoms with Gasteiger partial charge in [-0.25, -0.2) is 0 Å². The zero-order valence-corrected chi connectivity index (χ0v) is 36.9. The summed E-state index contributed by atoms with van der Waals surface area (Å²) in [4.78, 5) is 5.00. The van der Waals surface area contributed by atoms with Gasteiger partial charge in [0.1, 0.15) is 0 Å². The number of nitrogens with one attached hydrogen (secondary N) is 1. The first-order chi connectivity index (χ1) is 29.8. The molecule has 3 heteroatoms. The van der Waals surface area contributed by atoms with E-state index in [1.54, 1.807) is 0 Å². The van der Waals surface area contributed by atoms with Gasteiger partial charge in [0.25, 0.3) is 0 Å². The molecule has 61 heavy (non-hydrogen) atoms. The Hall–Kier alpha value is -5.67. The lowest BCUT2D eigenvalue weighted by Gasteiger charge is -2.36. The molecule has 0 radical (unpaired) electrons. The van der Waals surface area contributed by atoms with Gasteiger partial charge in [-0.3, -0.25) is 0 Å². The van der Waals surface area contributed by atoms with Crippen LogP contribution in [0.15, 0.2) is 191 Å². The van der Waals surface area contributed by atoms with E-state index in [-0.39, 0.29) is 6.04 Å². The second kappa shape index (κ2) is 19.8. The summed E-state index contributed by atoms with van der Waals surface area (Å²) in [5.74, 6) is 1.79. The summed E-state index contributed by atoms with van der Waals surface area (Å²) in [6.45, 7) is 9.12. The molecule has 6 aliphatic rings. The lowest BCUT2D eigenvalue weighted by atomic mass is 9.87. The molecule has 1 N–H and O–H groups in total. The van der Waals surface area contributed by atoms with Gasteiger partial charge in [-0.1, -0.05) is 149 Å². The van der Waals surface area contributed by atoms with Crippen LogP contribution >= 0.6 is 0 Å². The molecule has 0 saturated heterocycles. The second-order valence-electron chi connectivity index (χ2n) is 18.1. The van der Waals surface area contributed by atoms with E-state index in [2.05, 4.69) is 195 Å². The molecule has 4 atom stereocenters. The Kier molecular flexibility index (Phi) is 13.6. The second-order valence-corrected chi connectivity index (χ2v) is 18.1. The summed E-state index contributed by atoms with van der Waals surface area (Å²) in [5.41, 5.74) is 15.4. The highest BCUT2D eigenvalue weighted by atomic mass is 15.2. The Labute approximate surface area is 366 Å². The Balaban J connectivity index is 0.881. The average molecular weight is 804 g/mol. The first-order valence-electron chi connectivity index (χ1n) is 23.1. The Morgan fingerprint density at radius 1 is 0.590 bits per heavy atom. The molecule has 0 heterocycles. The third-order valence-electron chi connectivity index (χ3n) is 13.3. The summed E-state index contributed by atoms with van der Waals surface area (Å²) in [6, 6.07) is 18.8. The average Bonchev–Trinajstić information content (AvgIpc) is 3.30. The minimum absolute atomic E-state index is 0.267. The third kappa shape index (κ3) is 10.6. The normalized spacial score (nSPS) is 24.0. The SMILES string of the molecule is CCC1C=CC(N(c2ccc(C=CC3=CC=C(C4=CC=C(C=Cc5ccc(N(C6=CCC(C)C=C6)C6C=CC(C(C)C)=CC6)cc5)CC4)CC3)cc2)C2C=CC(=N)CC2)=CC1. The number of benzene rings is 2. The predicted molar refractivity (Wildman–Crippen MR) is 264 cm³/mol. The van der Waals surface area contributed by atoms with Crippen molar-refractivity contribution in [1.82, 2.24) is 0 Å². The fourth-order valence-electron chi connectivity index (χ4n) is 9.28. The molecular weight excluding hydrogens is 739 g/mol. The number of hydrogen-bond donors (Lipinski definition) is 1. The van der Waals surface area contributed by atoms with E-state index in [1.165, 1.54) is 68.2 Å². The minimum Gasteiger partial charge on any atom is -0.335 e. The van der Waals surface area contributed by atoms with Crippen LogP contribution in [0.1, 0.15) is 103 Å². The van der Waals surface area contributed by atoms with Crippen molar-refractivity contribution in [2.75, 3.05) is 9.80 Å². The molecule has 2 aromatic carbocycles. The van der Waals surface area contributed by atoms with Gasteiger partial charge < -0.3 is 15.2 Å². The van der Waals surface area contributed by atoms with E-state index in [1.807, 2.05) is 6.08 Å². The zero-order chi connectivity index (χ0) is 42.1. The third-order valence-corrected chi connectivity index (χ3v) is 13.3. The van der Waals surface area contributed by atoms with Gasteiger partial charge in [0.15, 0.2) is 0 Å². The lowest BCUT2D eigenvalue weighted by molar-refractivity contribution is 0.619. The summed E-state index contributed by atoms with van der Waals surface area (Å²) >= 11 is 0. The highest BCUT2D eigenvalue weighted by Gasteiger charge is 2.25. The van der Waals surface area contributed by atoms with Gasteiger partial charge in [-0.15, -0.1) is 0 Å². The van der Waals surface area contributed by atoms with Crippen molar-refractivity contribution >= 4 is 29.2 Å². The first-order valence-corrected chi connectivity index (χ1v) is 23.1. The first kappa shape index (κ1) is 42.0. The molecule has 6 aliphatic carbocycles. The van der Waals surface area contributed by atoms with E-state index in [0.29, 0.717) is 23.8 Å². The monoisotopic (exact) mass is 804 g/mol. The molecule has 4 unspecified atom stereocenters. The van der Waals surface area contributed by atoms with E-state index >= 15 is 0 Å². The van der Waals surface area contributed by atoms with Crippen molar-refractivity contribution in [3.8, 4) is 0 Å². The molecule has 0 fully saturated rings. The Bertz CT molecular complexity index is 2340. The van der Waals surface area contributed by atoms with Crippen LogP contribution in [0.5, 0.6) is 0 Å². The topological polar surface area (TPSA) is 30.3 Å². The number of rotatable bonds is 13. The number of hydrogen-bond acceptors (Lipinski definition) is 3. The van der Waals surface area contributed by atoms with Gasteiger partial charge in [0.05, 0.1) is 12.1 Å². The van der Waals surface area contributed by atoms with Crippen LogP contribution in [0, 0.1) is 23.2 Å². The molecular formula is C58H65N3. The van der Waals surface area contributed by atoms with Crippen LogP contribution in [-0.4, -0.2) is 17.8 Å². The maximum absolute atomic E-state index is 8.09. The highest BCUT2D eigenvalue weighted by Crippen LogP contribution is 2.35. The molecule has 0 spiro atoms. The molecule has 0 bridgehead atoms. The van der Waals surface area contributed by atoms with Gasteiger partial charge in [-0.05, 0) is 163 Å². The van der Waals surface area contributed by atoms with E-state index in [4.69, 9.17) is 5.41 Å². The van der Waals surface area contributed by atoms with Crippen LogP contribution in [0.2, 0.25) is 0 Å². The quantitative estimate of drug-likeness (QED) is 0.219. The number of nitrogens with zero attached hydrogens (tertiary/aromatic N) is 2. The van der Waals surface area contributed by atoms with Gasteiger partial charge in [0, 0.05) is 28.5 Å². The Morgan fingerprint density at radius 2 is 1.16 bits per heavy atom. The van der Waals surface area contributed by atoms with E-state index in [9.17, 15) is 0 Å². The minimum atomic E-state index is 0.267. The molecule has 2 aromatic rings. The van der Waals surface area contributed by atoms with Gasteiger partial charge >= 0.3 is 0 Å². The maximum atomic E-state index is 8.09. The van der Waals surface area contributed by atoms with Crippen LogP contribution < -0.4 is 9.80 Å². The standard InChI is InChI=1S/C58H65N3/c1-5-44-16-32-54(33-17-44)61(58-40-28-52(59)29-41-58)56-36-20-48(21-37-56)11-9-46-14-24-51(25-15-46)50-22-12-45(13-23-50)8-10-47-18-34-55(35-19-47)60(53-30-6-43(4)7-31-53)57-38-26-49(27-39-57)42(2)3/h6,8-12,14,16,18-22,24,26-28,30-38,40,42-44,57-59H,5,7,13,15,17,23,25,29,39,41H2,1-4H3. The summed E-state index contributed by atoms with van der Waals surface area (Å²) in [7, 11) is 0. The molecule has 8 rings (SSSR count). The smallest absolute Gasteiger partial charge is 0.0559 e. The number of anilines is 2. The van der Waals surface area contributed by atoms with Crippen LogP contribution in [-0.2, 0) is 0 Å². The molecule has 312 valence electrons. The highest BCUT2D eigenvalue weighted by molar-refractivity contribution is 5.93. The van der Waals surface area contributed by atoms with Gasteiger partial charge in [-0.2, -0.15) is 0 Å². The molecule has 0 aromatic heterocycles. The molecule has 0 aliphatic heterocycles. The Morgan fingerprint density at radius 3 is 1.61 bits per heavy atom. The van der Waals surface area contributed by atoms with E-state index in [0.717, 1.165) is 63.5 Å². The van der Waals surface area contributed by atoms with Crippen LogP contribution in [0.25, 0.3) is 12.2 Å². The fourth-order valence-corrected chi connectivity index (χ4v) is 9.28. The van der Waals surface area contributed by atoms with Crippen molar-refractivity contribution in [1.29, 1.82) is 5.41 Å². The van der Waals surface area contributed by atoms with Crippen molar-refractivity contribution in [3.63, 3.8) is 0 Å². The van der Waals surface area contributed by atoms with Crippen LogP contribution in [0.3, 0.4) is 0 Å². The zero-order valence-electron chi connectivity index (χ0n) is 36.9. The van der Waals surface area contributed by atoms with Crippen molar-refractivity contribution in [3.05, 3.63) is 202 Å². The summed E-state index contributed by atoms with van der Waals surface area (Å²) in [5, 5.41) is 8.09. The fraction of sp³-hybridized carbons (Fsp3) is 0.328. The molecule has 3 nitrogen and oxygen atoms in total. The van der Waals surface area contributed by atoms with E-state index < -0.39 is 0 Å². The summed E-state index contributed by atoms with van der Waals surface area (Å²) in [6.07, 6.45) is 54.5. The maximum Gasteiger partial charge on any atom is 0.0559 e. The molecule has 0 saturated carbocycles. The van der Waals surface area contributed by atoms with Crippen LogP contribution in [0.4, 0.5) is 11.4 Å². The largest absolute Gasteiger partial charge is 0.335 e. The predicted octanol–water partition coefficient (Wildman–Crippen LogP) is 15.3. The van der Waals surface area contributed by atoms with Crippen molar-refractivity contribution in [2.45, 2.75) is 104 Å². The van der Waals surface area contributed by atoms with Crippen molar-refractivity contribution < 1.29 is 0 Å². The number of allylic oxidation sites excluding steroid dienone is 19. The van der Waals surface area contributed by atoms with Gasteiger partial charge in [0.2, 0.25) is 0 Å². The molecule has 0 amide bonds. The lowest BCUT2D eigenvalue weighted by Crippen LogP contribution is -2.35. The summed E-state index contributed by atoms with van der Waals surface area (Å²) < 4.78 is 0.